The number of benzene rings is 2. The second kappa shape index (κ2) is 11.4. The Kier molecular flexibility index (Phi) is 7.81. The fraction of sp³-hybridized carbons (Fsp3) is 0.345. The number of nitrogens with zero attached hydrogens (tertiary/aromatic N) is 4. The predicted molar refractivity (Wildman–Crippen MR) is 152 cm³/mol. The van der Waals surface area contributed by atoms with Gasteiger partial charge in [-0.2, -0.15) is 4.98 Å². The number of anilines is 1. The van der Waals surface area contributed by atoms with Crippen LogP contribution in [0.2, 0.25) is 5.02 Å². The number of ether oxygens (including phenoxy) is 1. The predicted octanol–water partition coefficient (Wildman–Crippen LogP) is 5.45. The van der Waals surface area contributed by atoms with Crippen LogP contribution in [-0.4, -0.2) is 66.0 Å². The van der Waals surface area contributed by atoms with Gasteiger partial charge < -0.3 is 24.8 Å². The van der Waals surface area contributed by atoms with Crippen LogP contribution in [0.25, 0.3) is 22.4 Å². The fourth-order valence-corrected chi connectivity index (χ4v) is 4.86. The van der Waals surface area contributed by atoms with E-state index in [0.717, 1.165) is 30.8 Å². The molecule has 2 aromatic heterocycles. The molecule has 0 saturated carbocycles. The van der Waals surface area contributed by atoms with Crippen molar-refractivity contribution >= 4 is 34.4 Å². The highest BCUT2D eigenvalue weighted by Gasteiger charge is 2.17. The minimum atomic E-state index is -0.258. The first-order chi connectivity index (χ1) is 18.4. The van der Waals surface area contributed by atoms with Gasteiger partial charge in [-0.1, -0.05) is 35.9 Å². The molecule has 198 valence electrons. The number of carbonyl (C=O) groups is 1. The molecule has 0 bridgehead atoms. The molecule has 1 fully saturated rings. The molecule has 8 nitrogen and oxygen atoms in total. The number of aromatic nitrogens is 3. The van der Waals surface area contributed by atoms with E-state index in [1.807, 2.05) is 56.3 Å². The molecule has 3 heterocycles. The molecule has 0 spiro atoms. The number of likely N-dealkylation sites (N-methyl/N-ethyl adjacent to an activating group) is 1. The topological polar surface area (TPSA) is 86.4 Å². The van der Waals surface area contributed by atoms with Crippen LogP contribution >= 0.6 is 11.6 Å². The summed E-state index contributed by atoms with van der Waals surface area (Å²) in [6.07, 6.45) is 2.49. The molecule has 5 rings (SSSR count). The lowest BCUT2D eigenvalue weighted by atomic mass is 10.0. The number of carbonyl (C=O) groups excluding carboxylic acids is 1. The van der Waals surface area contributed by atoms with Crippen molar-refractivity contribution in [3.63, 3.8) is 0 Å². The zero-order valence-corrected chi connectivity index (χ0v) is 22.8. The lowest BCUT2D eigenvalue weighted by molar-refractivity contribution is -0.122. The summed E-state index contributed by atoms with van der Waals surface area (Å²) < 4.78 is 5.95. The summed E-state index contributed by atoms with van der Waals surface area (Å²) in [6.45, 7) is 5.53. The first kappa shape index (κ1) is 26.0. The first-order valence-electron chi connectivity index (χ1n) is 13.0. The van der Waals surface area contributed by atoms with Gasteiger partial charge in [0.25, 0.3) is 0 Å². The summed E-state index contributed by atoms with van der Waals surface area (Å²) in [5, 5.41) is 3.52. The van der Waals surface area contributed by atoms with Crippen molar-refractivity contribution in [3.8, 4) is 23.0 Å². The highest BCUT2D eigenvalue weighted by atomic mass is 35.5. The number of hydrogen-bond acceptors (Lipinski definition) is 6. The Morgan fingerprint density at radius 1 is 1.11 bits per heavy atom. The second-order valence-corrected chi connectivity index (χ2v) is 10.4. The van der Waals surface area contributed by atoms with Crippen LogP contribution < -0.4 is 15.0 Å². The maximum absolute atomic E-state index is 12.4. The van der Waals surface area contributed by atoms with Gasteiger partial charge in [0.05, 0.1) is 22.2 Å². The number of amides is 1. The van der Waals surface area contributed by atoms with Crippen LogP contribution in [-0.2, 0) is 4.79 Å². The van der Waals surface area contributed by atoms with Gasteiger partial charge in [-0.3, -0.25) is 4.79 Å². The molecular formula is C29H33ClN6O2. The normalized spacial score (nSPS) is 14.3. The molecule has 1 atom stereocenters. The second-order valence-electron chi connectivity index (χ2n) is 9.96. The van der Waals surface area contributed by atoms with E-state index in [0.29, 0.717) is 40.2 Å². The van der Waals surface area contributed by atoms with Gasteiger partial charge in [0.2, 0.25) is 5.91 Å². The number of pyridine rings is 1. The van der Waals surface area contributed by atoms with Crippen LogP contribution in [0.4, 0.5) is 5.69 Å². The molecule has 1 aliphatic heterocycles. The number of nitrogens with one attached hydrogen (secondary N) is 2. The van der Waals surface area contributed by atoms with Gasteiger partial charge in [-0.05, 0) is 69.8 Å². The molecule has 1 unspecified atom stereocenters. The molecule has 38 heavy (non-hydrogen) atoms. The van der Waals surface area contributed by atoms with E-state index in [4.69, 9.17) is 21.3 Å². The molecule has 2 aromatic carbocycles. The van der Waals surface area contributed by atoms with Gasteiger partial charge in [-0.15, -0.1) is 0 Å². The molecule has 1 saturated heterocycles. The van der Waals surface area contributed by atoms with E-state index >= 15 is 0 Å². The Bertz CT molecular complexity index is 1400. The minimum absolute atomic E-state index is 0.00208. The highest BCUT2D eigenvalue weighted by molar-refractivity contribution is 6.33. The Morgan fingerprint density at radius 2 is 1.82 bits per heavy atom. The molecule has 9 heteroatoms. The Morgan fingerprint density at radius 3 is 2.50 bits per heavy atom. The summed E-state index contributed by atoms with van der Waals surface area (Å²) in [7, 11) is 3.96. The maximum Gasteiger partial charge on any atom is 0.301 e. The summed E-state index contributed by atoms with van der Waals surface area (Å²) >= 11 is 6.60. The number of aromatic amines is 1. The highest BCUT2D eigenvalue weighted by Crippen LogP contribution is 2.32. The average Bonchev–Trinajstić information content (AvgIpc) is 3.58. The van der Waals surface area contributed by atoms with E-state index in [1.165, 1.54) is 18.5 Å². The number of fused-ring (bicyclic) bond motifs is 1. The van der Waals surface area contributed by atoms with Crippen LogP contribution in [0.1, 0.15) is 31.2 Å². The van der Waals surface area contributed by atoms with Gasteiger partial charge in [0.15, 0.2) is 5.65 Å². The Labute approximate surface area is 228 Å². The third-order valence-electron chi connectivity index (χ3n) is 6.86. The van der Waals surface area contributed by atoms with Crippen molar-refractivity contribution < 1.29 is 9.53 Å². The number of imidazole rings is 1. The summed E-state index contributed by atoms with van der Waals surface area (Å²) in [5.74, 6) is 0.352. The smallest absolute Gasteiger partial charge is 0.301 e. The SMILES string of the molecule is CC(C(=O)NCCN(C)C)c1ccc(Oc2nc3nc(-c4ccc(N5CCCC5)cc4)c(Cl)cc3[nH]2)cc1. The van der Waals surface area contributed by atoms with Crippen LogP contribution in [0.3, 0.4) is 0 Å². The van der Waals surface area contributed by atoms with Gasteiger partial charge >= 0.3 is 6.01 Å². The van der Waals surface area contributed by atoms with Crippen molar-refractivity contribution in [1.82, 2.24) is 25.2 Å². The lowest BCUT2D eigenvalue weighted by Crippen LogP contribution is -2.33. The lowest BCUT2D eigenvalue weighted by Gasteiger charge is -2.17. The van der Waals surface area contributed by atoms with Crippen LogP contribution in [0.5, 0.6) is 11.8 Å². The largest absolute Gasteiger partial charge is 0.426 e. The van der Waals surface area contributed by atoms with E-state index < -0.39 is 0 Å². The van der Waals surface area contributed by atoms with E-state index in [1.54, 1.807) is 0 Å². The van der Waals surface area contributed by atoms with Gasteiger partial charge in [0.1, 0.15) is 5.75 Å². The molecule has 1 aliphatic rings. The molecule has 4 aromatic rings. The summed E-state index contributed by atoms with van der Waals surface area (Å²) in [5.41, 5.74) is 5.00. The van der Waals surface area contributed by atoms with Crippen molar-refractivity contribution in [2.75, 3.05) is 45.2 Å². The molecule has 2 N–H and O–H groups in total. The standard InChI is InChI=1S/C29H33ClN6O2/c1-19(28(37)31-14-17-35(2)3)20-8-12-23(13-9-20)38-29-32-25-18-24(30)26(33-27(25)34-29)21-6-10-22(11-7-21)36-15-4-5-16-36/h6-13,18-19H,4-5,14-17H2,1-3H3,(H,31,37)(H,32,33,34). The third kappa shape index (κ3) is 5.92. The number of H-pyrrole nitrogens is 1. The quantitative estimate of drug-likeness (QED) is 0.298. The van der Waals surface area contributed by atoms with Crippen LogP contribution in [0.15, 0.2) is 54.6 Å². The molecule has 0 radical (unpaired) electrons. The van der Waals surface area contributed by atoms with E-state index in [2.05, 4.69) is 44.5 Å². The number of rotatable bonds is 9. The Balaban J connectivity index is 1.26. The van der Waals surface area contributed by atoms with Crippen molar-refractivity contribution in [3.05, 3.63) is 65.2 Å². The van der Waals surface area contributed by atoms with Crippen molar-refractivity contribution in [2.24, 2.45) is 0 Å². The number of hydrogen-bond donors (Lipinski definition) is 2. The average molecular weight is 533 g/mol. The molecule has 1 amide bonds. The Hall–Kier alpha value is -3.62. The molecule has 0 aliphatic carbocycles. The van der Waals surface area contributed by atoms with Crippen molar-refractivity contribution in [1.29, 1.82) is 0 Å². The van der Waals surface area contributed by atoms with E-state index in [-0.39, 0.29) is 11.8 Å². The third-order valence-corrected chi connectivity index (χ3v) is 7.15. The summed E-state index contributed by atoms with van der Waals surface area (Å²) in [6, 6.07) is 18.0. The van der Waals surface area contributed by atoms with Gasteiger partial charge in [0, 0.05) is 37.4 Å². The number of halogens is 1. The zero-order valence-electron chi connectivity index (χ0n) is 22.0. The minimum Gasteiger partial charge on any atom is -0.426 e. The summed E-state index contributed by atoms with van der Waals surface area (Å²) in [4.78, 5) is 29.2. The maximum atomic E-state index is 12.4. The van der Waals surface area contributed by atoms with Gasteiger partial charge in [-0.25, -0.2) is 4.98 Å². The fourth-order valence-electron chi connectivity index (χ4n) is 4.60. The zero-order chi connectivity index (χ0) is 26.6. The monoisotopic (exact) mass is 532 g/mol. The molecular weight excluding hydrogens is 500 g/mol. The first-order valence-corrected chi connectivity index (χ1v) is 13.4. The van der Waals surface area contributed by atoms with E-state index in [9.17, 15) is 4.79 Å². The van der Waals surface area contributed by atoms with Crippen LogP contribution in [0, 0.1) is 0 Å². The van der Waals surface area contributed by atoms with Crippen molar-refractivity contribution in [2.45, 2.75) is 25.7 Å².